The van der Waals surface area contributed by atoms with Gasteiger partial charge in [-0.25, -0.2) is 4.79 Å². The summed E-state index contributed by atoms with van der Waals surface area (Å²) in [4.78, 5) is 11.2. The first-order chi connectivity index (χ1) is 7.61. The normalized spacial score (nSPS) is 10.2. The molecular weight excluding hydrogens is 206 g/mol. The van der Waals surface area contributed by atoms with Gasteiger partial charge in [-0.15, -0.1) is 0 Å². The van der Waals surface area contributed by atoms with Gasteiger partial charge in [0, 0.05) is 6.54 Å². The summed E-state index contributed by atoms with van der Waals surface area (Å²) < 4.78 is 10.2. The third kappa shape index (κ3) is 4.31. The first-order valence-electron chi connectivity index (χ1n) is 5.23. The molecule has 88 valence electrons. The van der Waals surface area contributed by atoms with E-state index in [4.69, 9.17) is 15.2 Å². The number of nitrogens with two attached hydrogens (primary N) is 1. The largest absolute Gasteiger partial charge is 0.482 e. The Labute approximate surface area is 95.3 Å². The Kier molecular flexibility index (Phi) is 4.79. The van der Waals surface area contributed by atoms with Crippen LogP contribution < -0.4 is 10.5 Å². The van der Waals surface area contributed by atoms with Crippen LogP contribution in [-0.4, -0.2) is 18.7 Å². The monoisotopic (exact) mass is 223 g/mol. The fourth-order valence-corrected chi connectivity index (χ4v) is 1.16. The SMILES string of the molecule is CC(C)OC(=O)COc1ccc(CN)cc1. The third-order valence-corrected chi connectivity index (χ3v) is 1.88. The summed E-state index contributed by atoms with van der Waals surface area (Å²) in [5, 5.41) is 0. The van der Waals surface area contributed by atoms with Gasteiger partial charge in [-0.3, -0.25) is 0 Å². The van der Waals surface area contributed by atoms with Crippen LogP contribution in [0.4, 0.5) is 0 Å². The lowest BCUT2D eigenvalue weighted by Gasteiger charge is -2.09. The van der Waals surface area contributed by atoms with Crippen LogP contribution in [0.15, 0.2) is 24.3 Å². The molecule has 0 heterocycles. The van der Waals surface area contributed by atoms with Crippen LogP contribution in [0.1, 0.15) is 19.4 Å². The number of ether oxygens (including phenoxy) is 2. The van der Waals surface area contributed by atoms with E-state index in [0.29, 0.717) is 12.3 Å². The summed E-state index contributed by atoms with van der Waals surface area (Å²) in [7, 11) is 0. The Morgan fingerprint density at radius 1 is 1.31 bits per heavy atom. The van der Waals surface area contributed by atoms with Crippen molar-refractivity contribution in [3.05, 3.63) is 29.8 Å². The smallest absolute Gasteiger partial charge is 0.344 e. The van der Waals surface area contributed by atoms with Crippen LogP contribution in [0.2, 0.25) is 0 Å². The van der Waals surface area contributed by atoms with Gasteiger partial charge in [0.25, 0.3) is 0 Å². The number of carbonyl (C=O) groups excluding carboxylic acids is 1. The summed E-state index contributed by atoms with van der Waals surface area (Å²) in [5.74, 6) is 0.274. The highest BCUT2D eigenvalue weighted by Crippen LogP contribution is 2.11. The highest BCUT2D eigenvalue weighted by atomic mass is 16.6. The van der Waals surface area contributed by atoms with Crippen LogP contribution >= 0.6 is 0 Å². The molecule has 0 aliphatic heterocycles. The molecule has 4 nitrogen and oxygen atoms in total. The van der Waals surface area contributed by atoms with Crippen LogP contribution in [0, 0.1) is 0 Å². The van der Waals surface area contributed by atoms with E-state index < -0.39 is 0 Å². The predicted octanol–water partition coefficient (Wildman–Crippen LogP) is 1.48. The molecule has 0 saturated carbocycles. The van der Waals surface area contributed by atoms with Gasteiger partial charge in [-0.1, -0.05) is 12.1 Å². The summed E-state index contributed by atoms with van der Waals surface area (Å²) in [5.41, 5.74) is 6.49. The average molecular weight is 223 g/mol. The molecule has 0 aromatic heterocycles. The van der Waals surface area contributed by atoms with Gasteiger partial charge in [0.05, 0.1) is 6.10 Å². The summed E-state index contributed by atoms with van der Waals surface area (Å²) >= 11 is 0. The van der Waals surface area contributed by atoms with Crippen molar-refractivity contribution in [2.24, 2.45) is 5.73 Å². The Morgan fingerprint density at radius 2 is 1.94 bits per heavy atom. The second-order valence-corrected chi connectivity index (χ2v) is 3.68. The number of benzene rings is 1. The Bertz CT molecular complexity index is 333. The summed E-state index contributed by atoms with van der Waals surface area (Å²) in [6.07, 6.45) is -0.115. The number of esters is 1. The van der Waals surface area contributed by atoms with Crippen LogP contribution in [0.3, 0.4) is 0 Å². The minimum Gasteiger partial charge on any atom is -0.482 e. The van der Waals surface area contributed by atoms with Crippen molar-refractivity contribution >= 4 is 5.97 Å². The minimum atomic E-state index is -0.363. The molecule has 4 heteroatoms. The standard InChI is InChI=1S/C12H17NO3/c1-9(2)16-12(14)8-15-11-5-3-10(7-13)4-6-11/h3-6,9H,7-8,13H2,1-2H3. The zero-order chi connectivity index (χ0) is 12.0. The van der Waals surface area contributed by atoms with E-state index in [0.717, 1.165) is 5.56 Å². The fraction of sp³-hybridized carbons (Fsp3) is 0.417. The zero-order valence-corrected chi connectivity index (χ0v) is 9.60. The lowest BCUT2D eigenvalue weighted by molar-refractivity contribution is -0.149. The molecule has 1 rings (SSSR count). The Morgan fingerprint density at radius 3 is 2.44 bits per heavy atom. The topological polar surface area (TPSA) is 61.5 Å². The molecule has 0 atom stereocenters. The summed E-state index contributed by atoms with van der Waals surface area (Å²) in [6.45, 7) is 4.03. The predicted molar refractivity (Wildman–Crippen MR) is 61.1 cm³/mol. The van der Waals surface area contributed by atoms with Crippen molar-refractivity contribution in [1.82, 2.24) is 0 Å². The zero-order valence-electron chi connectivity index (χ0n) is 9.60. The van der Waals surface area contributed by atoms with Crippen LogP contribution in [0.5, 0.6) is 5.75 Å². The van der Waals surface area contributed by atoms with E-state index in [2.05, 4.69) is 0 Å². The first kappa shape index (κ1) is 12.5. The van der Waals surface area contributed by atoms with Crippen molar-refractivity contribution in [2.45, 2.75) is 26.5 Å². The van der Waals surface area contributed by atoms with Gasteiger partial charge >= 0.3 is 5.97 Å². The van der Waals surface area contributed by atoms with Gasteiger partial charge < -0.3 is 15.2 Å². The third-order valence-electron chi connectivity index (χ3n) is 1.88. The van der Waals surface area contributed by atoms with Gasteiger partial charge in [0.15, 0.2) is 6.61 Å². The van der Waals surface area contributed by atoms with Gasteiger partial charge in [-0.2, -0.15) is 0 Å². The van der Waals surface area contributed by atoms with E-state index in [1.165, 1.54) is 0 Å². The molecular formula is C12H17NO3. The Hall–Kier alpha value is -1.55. The van der Waals surface area contributed by atoms with Crippen LogP contribution in [-0.2, 0) is 16.1 Å². The molecule has 0 unspecified atom stereocenters. The van der Waals surface area contributed by atoms with Crippen molar-refractivity contribution in [3.8, 4) is 5.75 Å². The number of hydrogen-bond acceptors (Lipinski definition) is 4. The van der Waals surface area contributed by atoms with Crippen molar-refractivity contribution in [3.63, 3.8) is 0 Å². The Balaban J connectivity index is 2.39. The quantitative estimate of drug-likeness (QED) is 0.768. The first-order valence-corrected chi connectivity index (χ1v) is 5.23. The molecule has 1 aromatic carbocycles. The maximum absolute atomic E-state index is 11.2. The van der Waals surface area contributed by atoms with Gasteiger partial charge in [0.1, 0.15) is 5.75 Å². The van der Waals surface area contributed by atoms with Crippen molar-refractivity contribution in [2.75, 3.05) is 6.61 Å². The molecule has 0 saturated heterocycles. The fourth-order valence-electron chi connectivity index (χ4n) is 1.16. The van der Waals surface area contributed by atoms with E-state index >= 15 is 0 Å². The van der Waals surface area contributed by atoms with Crippen molar-refractivity contribution in [1.29, 1.82) is 0 Å². The number of hydrogen-bond donors (Lipinski definition) is 1. The molecule has 0 fully saturated rings. The van der Waals surface area contributed by atoms with E-state index in [9.17, 15) is 4.79 Å². The molecule has 0 radical (unpaired) electrons. The second kappa shape index (κ2) is 6.12. The lowest BCUT2D eigenvalue weighted by Crippen LogP contribution is -2.18. The minimum absolute atomic E-state index is 0.0693. The van der Waals surface area contributed by atoms with E-state index in [-0.39, 0.29) is 18.7 Å². The lowest BCUT2D eigenvalue weighted by atomic mass is 10.2. The van der Waals surface area contributed by atoms with E-state index in [1.807, 2.05) is 12.1 Å². The molecule has 1 aromatic rings. The second-order valence-electron chi connectivity index (χ2n) is 3.68. The maximum atomic E-state index is 11.2. The highest BCUT2D eigenvalue weighted by Gasteiger charge is 2.06. The molecule has 0 amide bonds. The number of carbonyl (C=O) groups is 1. The van der Waals surface area contributed by atoms with E-state index in [1.54, 1.807) is 26.0 Å². The summed E-state index contributed by atoms with van der Waals surface area (Å²) in [6, 6.07) is 7.29. The molecule has 0 aliphatic rings. The molecule has 0 aliphatic carbocycles. The number of rotatable bonds is 5. The molecule has 0 spiro atoms. The molecule has 2 N–H and O–H groups in total. The maximum Gasteiger partial charge on any atom is 0.344 e. The van der Waals surface area contributed by atoms with Crippen LogP contribution in [0.25, 0.3) is 0 Å². The average Bonchev–Trinajstić information content (AvgIpc) is 2.26. The van der Waals surface area contributed by atoms with Gasteiger partial charge in [0.2, 0.25) is 0 Å². The molecule has 16 heavy (non-hydrogen) atoms. The molecule has 0 bridgehead atoms. The highest BCUT2D eigenvalue weighted by molar-refractivity contribution is 5.71. The van der Waals surface area contributed by atoms with Gasteiger partial charge in [-0.05, 0) is 31.5 Å². The van der Waals surface area contributed by atoms with Crippen molar-refractivity contribution < 1.29 is 14.3 Å².